The van der Waals surface area contributed by atoms with E-state index < -0.39 is 5.97 Å². The quantitative estimate of drug-likeness (QED) is 0.433. The Morgan fingerprint density at radius 1 is 0.724 bits per heavy atom. The molecule has 0 radical (unpaired) electrons. The van der Waals surface area contributed by atoms with Gasteiger partial charge < -0.3 is 9.47 Å². The number of para-hydroxylation sites is 1. The molecule has 0 saturated carbocycles. The molecule has 0 atom stereocenters. The highest BCUT2D eigenvalue weighted by Gasteiger charge is 2.16. The Bertz CT molecular complexity index is 1070. The van der Waals surface area contributed by atoms with Crippen LogP contribution in [0.4, 0.5) is 0 Å². The molecule has 4 rings (SSSR count). The lowest BCUT2D eigenvalue weighted by Crippen LogP contribution is -2.05. The summed E-state index contributed by atoms with van der Waals surface area (Å²) >= 11 is 0. The van der Waals surface area contributed by atoms with Crippen molar-refractivity contribution in [2.24, 2.45) is 0 Å². The van der Waals surface area contributed by atoms with Gasteiger partial charge in [-0.15, -0.1) is 0 Å². The lowest BCUT2D eigenvalue weighted by Gasteiger charge is -2.11. The topological polar surface area (TPSA) is 61.3 Å². The van der Waals surface area contributed by atoms with Gasteiger partial charge in [-0.2, -0.15) is 9.97 Å². The summed E-state index contributed by atoms with van der Waals surface area (Å²) in [7, 11) is 1.33. The first-order valence-corrected chi connectivity index (χ1v) is 9.10. The molecule has 0 unspecified atom stereocenters. The third-order valence-corrected chi connectivity index (χ3v) is 4.34. The van der Waals surface area contributed by atoms with Crippen molar-refractivity contribution in [2.45, 2.75) is 0 Å². The van der Waals surface area contributed by atoms with Crippen molar-refractivity contribution in [3.8, 4) is 34.3 Å². The molecule has 0 aliphatic rings. The summed E-state index contributed by atoms with van der Waals surface area (Å²) in [5, 5.41) is 0. The van der Waals surface area contributed by atoms with Gasteiger partial charge in [-0.05, 0) is 18.2 Å². The Balaban J connectivity index is 1.81. The average Bonchev–Trinajstić information content (AvgIpc) is 2.80. The van der Waals surface area contributed by atoms with Crippen molar-refractivity contribution in [1.82, 2.24) is 9.97 Å². The smallest absolute Gasteiger partial charge is 0.341 e. The fraction of sp³-hybridized carbons (Fsp3) is 0.0417. The van der Waals surface area contributed by atoms with E-state index in [0.29, 0.717) is 11.3 Å². The van der Waals surface area contributed by atoms with Crippen molar-refractivity contribution in [3.05, 3.63) is 96.6 Å². The maximum Gasteiger partial charge on any atom is 0.341 e. The average molecular weight is 382 g/mol. The molecule has 0 saturated heterocycles. The first-order chi connectivity index (χ1) is 14.2. The van der Waals surface area contributed by atoms with Gasteiger partial charge in [-0.25, -0.2) is 4.79 Å². The Kier molecular flexibility index (Phi) is 5.29. The number of methoxy groups -OCH3 is 1. The molecule has 0 fully saturated rings. The number of esters is 1. The zero-order valence-electron chi connectivity index (χ0n) is 15.8. The van der Waals surface area contributed by atoms with E-state index in [2.05, 4.69) is 9.97 Å². The summed E-state index contributed by atoms with van der Waals surface area (Å²) < 4.78 is 10.8. The largest absolute Gasteiger partial charge is 0.465 e. The number of hydrogen-bond acceptors (Lipinski definition) is 5. The second-order valence-corrected chi connectivity index (χ2v) is 6.24. The molecule has 142 valence electrons. The molecule has 3 aromatic carbocycles. The van der Waals surface area contributed by atoms with Crippen LogP contribution < -0.4 is 4.74 Å². The fourth-order valence-corrected chi connectivity index (χ4v) is 2.92. The van der Waals surface area contributed by atoms with Crippen LogP contribution in [0.15, 0.2) is 91.0 Å². The molecule has 1 heterocycles. The third-order valence-electron chi connectivity index (χ3n) is 4.34. The molecule has 0 amide bonds. The van der Waals surface area contributed by atoms with Gasteiger partial charge in [0.1, 0.15) is 11.3 Å². The highest BCUT2D eigenvalue weighted by molar-refractivity contribution is 5.92. The van der Waals surface area contributed by atoms with E-state index in [9.17, 15) is 4.79 Å². The highest BCUT2D eigenvalue weighted by Crippen LogP contribution is 2.29. The summed E-state index contributed by atoms with van der Waals surface area (Å²) in [6.45, 7) is 0. The van der Waals surface area contributed by atoms with E-state index in [4.69, 9.17) is 9.47 Å². The molecule has 0 aliphatic heterocycles. The first-order valence-electron chi connectivity index (χ1n) is 9.10. The molecular weight excluding hydrogens is 364 g/mol. The Labute approximate surface area is 168 Å². The minimum Gasteiger partial charge on any atom is -0.465 e. The molecule has 0 N–H and O–H groups in total. The Hall–Kier alpha value is -3.99. The predicted molar refractivity (Wildman–Crippen MR) is 111 cm³/mol. The van der Waals surface area contributed by atoms with Gasteiger partial charge in [0.05, 0.1) is 18.5 Å². The van der Waals surface area contributed by atoms with E-state index in [1.54, 1.807) is 24.3 Å². The number of carbonyl (C=O) groups excluding carboxylic acids is 1. The number of ether oxygens (including phenoxy) is 2. The van der Waals surface area contributed by atoms with E-state index >= 15 is 0 Å². The number of rotatable bonds is 5. The fourth-order valence-electron chi connectivity index (χ4n) is 2.92. The Morgan fingerprint density at radius 3 is 1.79 bits per heavy atom. The van der Waals surface area contributed by atoms with Crippen molar-refractivity contribution in [1.29, 1.82) is 0 Å². The lowest BCUT2D eigenvalue weighted by molar-refractivity contribution is 0.0598. The zero-order valence-corrected chi connectivity index (χ0v) is 15.8. The minimum absolute atomic E-state index is 0.154. The van der Waals surface area contributed by atoms with Crippen molar-refractivity contribution in [3.63, 3.8) is 0 Å². The van der Waals surface area contributed by atoms with Crippen LogP contribution in [0, 0.1) is 0 Å². The maximum absolute atomic E-state index is 12.1. The van der Waals surface area contributed by atoms with Crippen LogP contribution in [-0.2, 0) is 4.74 Å². The van der Waals surface area contributed by atoms with E-state index in [-0.39, 0.29) is 6.01 Å². The molecule has 0 bridgehead atoms. The van der Waals surface area contributed by atoms with Gasteiger partial charge in [0.2, 0.25) is 0 Å². The standard InChI is InChI=1S/C24H18N2O3/c1-28-23(27)19-14-8-9-15-22(19)29-24-25-20(17-10-4-2-5-11-17)16-21(26-24)18-12-6-3-7-13-18/h2-16H,1H3. The SMILES string of the molecule is COC(=O)c1ccccc1Oc1nc(-c2ccccc2)cc(-c2ccccc2)n1. The summed E-state index contributed by atoms with van der Waals surface area (Å²) in [4.78, 5) is 21.2. The van der Waals surface area contributed by atoms with Gasteiger partial charge in [0.25, 0.3) is 0 Å². The van der Waals surface area contributed by atoms with Gasteiger partial charge >= 0.3 is 12.0 Å². The number of nitrogens with zero attached hydrogens (tertiary/aromatic N) is 2. The maximum atomic E-state index is 12.1. The van der Waals surface area contributed by atoms with Crippen LogP contribution in [0.25, 0.3) is 22.5 Å². The highest BCUT2D eigenvalue weighted by atomic mass is 16.5. The van der Waals surface area contributed by atoms with Gasteiger partial charge in [0.15, 0.2) is 0 Å². The second kappa shape index (κ2) is 8.35. The molecule has 4 aromatic rings. The van der Waals surface area contributed by atoms with E-state index in [0.717, 1.165) is 22.5 Å². The van der Waals surface area contributed by atoms with Crippen molar-refractivity contribution < 1.29 is 14.3 Å². The first kappa shape index (κ1) is 18.4. The van der Waals surface area contributed by atoms with Crippen LogP contribution in [-0.4, -0.2) is 23.0 Å². The lowest BCUT2D eigenvalue weighted by atomic mass is 10.1. The van der Waals surface area contributed by atoms with E-state index in [1.807, 2.05) is 66.7 Å². The number of benzene rings is 3. The van der Waals surface area contributed by atoms with Gasteiger partial charge in [-0.1, -0.05) is 72.8 Å². The normalized spacial score (nSPS) is 10.4. The van der Waals surface area contributed by atoms with Crippen LogP contribution in [0.1, 0.15) is 10.4 Å². The zero-order chi connectivity index (χ0) is 20.1. The van der Waals surface area contributed by atoms with Crippen LogP contribution >= 0.6 is 0 Å². The molecular formula is C24H18N2O3. The van der Waals surface area contributed by atoms with Crippen molar-refractivity contribution >= 4 is 5.97 Å². The number of aromatic nitrogens is 2. The number of hydrogen-bond donors (Lipinski definition) is 0. The summed E-state index contributed by atoms with van der Waals surface area (Å²) in [6, 6.07) is 28.5. The van der Waals surface area contributed by atoms with Crippen LogP contribution in [0.5, 0.6) is 11.8 Å². The third kappa shape index (κ3) is 4.14. The van der Waals surface area contributed by atoms with Gasteiger partial charge in [0, 0.05) is 11.1 Å². The number of carbonyl (C=O) groups is 1. The van der Waals surface area contributed by atoms with E-state index in [1.165, 1.54) is 7.11 Å². The molecule has 5 nitrogen and oxygen atoms in total. The predicted octanol–water partition coefficient (Wildman–Crippen LogP) is 5.39. The molecule has 0 spiro atoms. The summed E-state index contributed by atoms with van der Waals surface area (Å²) in [5.74, 6) is -0.147. The molecule has 5 heteroatoms. The monoisotopic (exact) mass is 382 g/mol. The second-order valence-electron chi connectivity index (χ2n) is 6.24. The minimum atomic E-state index is -0.483. The van der Waals surface area contributed by atoms with Crippen LogP contribution in [0.3, 0.4) is 0 Å². The summed E-state index contributed by atoms with van der Waals surface area (Å²) in [5.41, 5.74) is 3.65. The van der Waals surface area contributed by atoms with Crippen LogP contribution in [0.2, 0.25) is 0 Å². The summed E-state index contributed by atoms with van der Waals surface area (Å²) in [6.07, 6.45) is 0. The molecule has 29 heavy (non-hydrogen) atoms. The molecule has 1 aromatic heterocycles. The molecule has 0 aliphatic carbocycles. The Morgan fingerprint density at radius 2 is 1.24 bits per heavy atom. The van der Waals surface area contributed by atoms with Gasteiger partial charge in [-0.3, -0.25) is 0 Å². The van der Waals surface area contributed by atoms with Crippen molar-refractivity contribution in [2.75, 3.05) is 7.11 Å².